The first-order valence-electron chi connectivity index (χ1n) is 8.71. The standard InChI is InChI=1S/C19H27N5O3/c1-5-19(2,3)24-16(25)11-27-14-7-6-12(9-15(14)26-4)8-13-10-22-18(21)23-17(13)20/h6-7,9-10H,5,8,11H2,1-4H3,(H,24,25)(H4,20,21,22,23). The zero-order valence-corrected chi connectivity index (χ0v) is 16.2. The van der Waals surface area contributed by atoms with Crippen LogP contribution in [-0.2, 0) is 11.2 Å². The molecule has 1 amide bonds. The molecule has 2 rings (SSSR count). The molecule has 8 heteroatoms. The minimum atomic E-state index is -0.268. The molecular formula is C19H27N5O3. The smallest absolute Gasteiger partial charge is 0.258 e. The van der Waals surface area contributed by atoms with Gasteiger partial charge < -0.3 is 26.3 Å². The fourth-order valence-corrected chi connectivity index (χ4v) is 2.38. The normalized spacial score (nSPS) is 11.1. The van der Waals surface area contributed by atoms with Crippen LogP contribution in [0.3, 0.4) is 0 Å². The van der Waals surface area contributed by atoms with Crippen molar-refractivity contribution < 1.29 is 14.3 Å². The van der Waals surface area contributed by atoms with Crippen LogP contribution in [0.25, 0.3) is 0 Å². The van der Waals surface area contributed by atoms with Crippen LogP contribution in [0.2, 0.25) is 0 Å². The molecule has 0 fully saturated rings. The van der Waals surface area contributed by atoms with Crippen molar-refractivity contribution >= 4 is 17.7 Å². The van der Waals surface area contributed by atoms with Gasteiger partial charge in [0.25, 0.3) is 5.91 Å². The number of nitrogens with zero attached hydrogens (tertiary/aromatic N) is 2. The summed E-state index contributed by atoms with van der Waals surface area (Å²) in [7, 11) is 1.55. The maximum Gasteiger partial charge on any atom is 0.258 e. The molecule has 0 saturated carbocycles. The van der Waals surface area contributed by atoms with Gasteiger partial charge in [-0.15, -0.1) is 0 Å². The maximum atomic E-state index is 12.0. The summed E-state index contributed by atoms with van der Waals surface area (Å²) in [6.07, 6.45) is 2.96. The topological polar surface area (TPSA) is 125 Å². The third-order valence-electron chi connectivity index (χ3n) is 4.26. The molecule has 0 aliphatic carbocycles. The number of carbonyl (C=O) groups excluding carboxylic acids is 1. The number of anilines is 2. The molecule has 0 atom stereocenters. The van der Waals surface area contributed by atoms with E-state index in [1.165, 1.54) is 0 Å². The van der Waals surface area contributed by atoms with E-state index in [1.54, 1.807) is 19.4 Å². The average Bonchev–Trinajstić information content (AvgIpc) is 2.62. The quantitative estimate of drug-likeness (QED) is 0.645. The van der Waals surface area contributed by atoms with E-state index in [9.17, 15) is 4.79 Å². The molecule has 27 heavy (non-hydrogen) atoms. The second-order valence-corrected chi connectivity index (χ2v) is 6.87. The van der Waals surface area contributed by atoms with Crippen LogP contribution in [0.15, 0.2) is 24.4 Å². The molecular weight excluding hydrogens is 346 g/mol. The summed E-state index contributed by atoms with van der Waals surface area (Å²) in [5, 5.41) is 2.93. The number of hydrogen-bond donors (Lipinski definition) is 3. The fraction of sp³-hybridized carbons (Fsp3) is 0.421. The lowest BCUT2D eigenvalue weighted by Gasteiger charge is -2.24. The van der Waals surface area contributed by atoms with Crippen LogP contribution in [0.5, 0.6) is 11.5 Å². The number of rotatable bonds is 8. The summed E-state index contributed by atoms with van der Waals surface area (Å²) < 4.78 is 11.0. The number of aromatic nitrogens is 2. The Kier molecular flexibility index (Phi) is 6.44. The summed E-state index contributed by atoms with van der Waals surface area (Å²) in [6, 6.07) is 5.47. The maximum absolute atomic E-state index is 12.0. The van der Waals surface area contributed by atoms with Crippen LogP contribution in [0.4, 0.5) is 11.8 Å². The Labute approximate surface area is 159 Å². The molecule has 0 saturated heterocycles. The van der Waals surface area contributed by atoms with Crippen molar-refractivity contribution in [3.05, 3.63) is 35.5 Å². The summed E-state index contributed by atoms with van der Waals surface area (Å²) in [5.41, 5.74) is 12.8. The van der Waals surface area contributed by atoms with E-state index < -0.39 is 0 Å². The van der Waals surface area contributed by atoms with Crippen LogP contribution >= 0.6 is 0 Å². The van der Waals surface area contributed by atoms with Gasteiger partial charge in [0.1, 0.15) is 5.82 Å². The summed E-state index contributed by atoms with van der Waals surface area (Å²) in [4.78, 5) is 20.0. The van der Waals surface area contributed by atoms with Gasteiger partial charge >= 0.3 is 0 Å². The van der Waals surface area contributed by atoms with Crippen molar-refractivity contribution in [2.45, 2.75) is 39.2 Å². The molecule has 1 aromatic heterocycles. The minimum absolute atomic E-state index is 0.0854. The number of hydrogen-bond acceptors (Lipinski definition) is 7. The molecule has 2 aromatic rings. The molecule has 5 N–H and O–H groups in total. The largest absolute Gasteiger partial charge is 0.493 e. The molecule has 0 radical (unpaired) electrons. The predicted molar refractivity (Wildman–Crippen MR) is 105 cm³/mol. The molecule has 0 bridgehead atoms. The lowest BCUT2D eigenvalue weighted by molar-refractivity contribution is -0.124. The number of carbonyl (C=O) groups is 1. The highest BCUT2D eigenvalue weighted by Gasteiger charge is 2.18. The number of methoxy groups -OCH3 is 1. The number of amides is 1. The van der Waals surface area contributed by atoms with Crippen molar-refractivity contribution in [3.63, 3.8) is 0 Å². The number of benzene rings is 1. The average molecular weight is 373 g/mol. The van der Waals surface area contributed by atoms with E-state index in [1.807, 2.05) is 32.9 Å². The van der Waals surface area contributed by atoms with Gasteiger partial charge in [-0.2, -0.15) is 4.98 Å². The van der Waals surface area contributed by atoms with Gasteiger partial charge in [-0.25, -0.2) is 4.98 Å². The molecule has 0 aliphatic rings. The lowest BCUT2D eigenvalue weighted by Crippen LogP contribution is -2.44. The monoisotopic (exact) mass is 373 g/mol. The number of nitrogens with two attached hydrogens (primary N) is 2. The highest BCUT2D eigenvalue weighted by Crippen LogP contribution is 2.29. The van der Waals surface area contributed by atoms with E-state index in [0.29, 0.717) is 23.7 Å². The van der Waals surface area contributed by atoms with E-state index in [-0.39, 0.29) is 24.0 Å². The Morgan fingerprint density at radius 2 is 2.00 bits per heavy atom. The second kappa shape index (κ2) is 8.57. The highest BCUT2D eigenvalue weighted by atomic mass is 16.5. The summed E-state index contributed by atoms with van der Waals surface area (Å²) in [6.45, 7) is 5.86. The van der Waals surface area contributed by atoms with Crippen LogP contribution in [0.1, 0.15) is 38.3 Å². The van der Waals surface area contributed by atoms with Gasteiger partial charge in [-0.05, 0) is 38.0 Å². The highest BCUT2D eigenvalue weighted by molar-refractivity contribution is 5.78. The number of nitrogens with one attached hydrogen (secondary N) is 1. The Hall–Kier alpha value is -3.03. The number of ether oxygens (including phenoxy) is 2. The van der Waals surface area contributed by atoms with Crippen molar-refractivity contribution in [2.24, 2.45) is 0 Å². The van der Waals surface area contributed by atoms with Crippen molar-refractivity contribution in [2.75, 3.05) is 25.2 Å². The van der Waals surface area contributed by atoms with Crippen LogP contribution in [0, 0.1) is 0 Å². The third kappa shape index (κ3) is 5.73. The van der Waals surface area contributed by atoms with Crippen LogP contribution in [-0.4, -0.2) is 35.1 Å². The van der Waals surface area contributed by atoms with Crippen molar-refractivity contribution in [1.29, 1.82) is 0 Å². The van der Waals surface area contributed by atoms with Crippen molar-refractivity contribution in [3.8, 4) is 11.5 Å². The lowest BCUT2D eigenvalue weighted by atomic mass is 10.0. The third-order valence-corrected chi connectivity index (χ3v) is 4.26. The first-order chi connectivity index (χ1) is 12.7. The Morgan fingerprint density at radius 1 is 1.26 bits per heavy atom. The molecule has 146 valence electrons. The van der Waals surface area contributed by atoms with E-state index in [4.69, 9.17) is 20.9 Å². The number of nitrogen functional groups attached to an aromatic ring is 2. The molecule has 0 spiro atoms. The first kappa shape index (κ1) is 20.3. The molecule has 8 nitrogen and oxygen atoms in total. The Morgan fingerprint density at radius 3 is 2.63 bits per heavy atom. The zero-order valence-electron chi connectivity index (χ0n) is 16.2. The SMILES string of the molecule is CCC(C)(C)NC(=O)COc1ccc(Cc2cnc(N)nc2N)cc1OC. The van der Waals surface area contributed by atoms with Crippen molar-refractivity contribution in [1.82, 2.24) is 15.3 Å². The van der Waals surface area contributed by atoms with Gasteiger partial charge in [-0.3, -0.25) is 4.79 Å². The first-order valence-corrected chi connectivity index (χ1v) is 8.71. The molecule has 0 unspecified atom stereocenters. The minimum Gasteiger partial charge on any atom is -0.493 e. The van der Waals surface area contributed by atoms with E-state index in [0.717, 1.165) is 17.5 Å². The summed E-state index contributed by atoms with van der Waals surface area (Å²) >= 11 is 0. The van der Waals surface area contributed by atoms with E-state index >= 15 is 0 Å². The molecule has 0 aliphatic heterocycles. The molecule has 1 aromatic carbocycles. The predicted octanol–water partition coefficient (Wildman–Crippen LogP) is 1.92. The van der Waals surface area contributed by atoms with Gasteiger partial charge in [0.15, 0.2) is 18.1 Å². The van der Waals surface area contributed by atoms with E-state index in [2.05, 4.69) is 15.3 Å². The Balaban J connectivity index is 2.06. The van der Waals surface area contributed by atoms with Gasteiger partial charge in [0.2, 0.25) is 5.95 Å². The van der Waals surface area contributed by atoms with Gasteiger partial charge in [0.05, 0.1) is 7.11 Å². The Bertz CT molecular complexity index is 808. The van der Waals surface area contributed by atoms with Gasteiger partial charge in [0, 0.05) is 23.7 Å². The van der Waals surface area contributed by atoms with Crippen LogP contribution < -0.4 is 26.3 Å². The molecule has 1 heterocycles. The fourth-order valence-electron chi connectivity index (χ4n) is 2.38. The van der Waals surface area contributed by atoms with Gasteiger partial charge in [-0.1, -0.05) is 13.0 Å². The zero-order chi connectivity index (χ0) is 20.0. The summed E-state index contributed by atoms with van der Waals surface area (Å²) in [5.74, 6) is 1.33. The second-order valence-electron chi connectivity index (χ2n) is 6.87.